The predicted molar refractivity (Wildman–Crippen MR) is 77.4 cm³/mol. The fourth-order valence-electron chi connectivity index (χ4n) is 1.99. The van der Waals surface area contributed by atoms with E-state index in [4.69, 9.17) is 9.84 Å². The van der Waals surface area contributed by atoms with Crippen LogP contribution in [-0.2, 0) is 4.74 Å². The third kappa shape index (κ3) is 2.72. The Morgan fingerprint density at radius 1 is 1.40 bits per heavy atom. The number of aliphatic hydroxyl groups is 3. The van der Waals surface area contributed by atoms with Crippen LogP contribution in [-0.4, -0.2) is 49.8 Å². The SMILES string of the molecule is O=c1[nH]c(=O)n([C@@H]2O[C@H](CO)[C@@H](O)[C@@H]2O)cc1/C=C/I. The minimum atomic E-state index is -1.38. The Hall–Kier alpha value is -1.01. The van der Waals surface area contributed by atoms with Gasteiger partial charge in [0.25, 0.3) is 5.56 Å². The largest absolute Gasteiger partial charge is 0.394 e. The zero-order chi connectivity index (χ0) is 14.9. The zero-order valence-corrected chi connectivity index (χ0v) is 12.3. The number of ether oxygens (including phenoxy) is 1. The number of hydrogen-bond donors (Lipinski definition) is 4. The first-order chi connectivity index (χ1) is 9.49. The normalized spacial score (nSPS) is 30.2. The van der Waals surface area contributed by atoms with E-state index in [0.717, 1.165) is 4.57 Å². The first-order valence-electron chi connectivity index (χ1n) is 5.74. The summed E-state index contributed by atoms with van der Waals surface area (Å²) in [6.45, 7) is -0.493. The van der Waals surface area contributed by atoms with Crippen LogP contribution >= 0.6 is 22.6 Å². The Kier molecular flexibility index (Phi) is 4.75. The highest BCUT2D eigenvalue weighted by Gasteiger charge is 2.43. The average molecular weight is 396 g/mol. The van der Waals surface area contributed by atoms with Gasteiger partial charge in [0.15, 0.2) is 6.23 Å². The van der Waals surface area contributed by atoms with E-state index in [1.54, 1.807) is 4.08 Å². The van der Waals surface area contributed by atoms with Crippen molar-refractivity contribution in [1.82, 2.24) is 9.55 Å². The van der Waals surface area contributed by atoms with Crippen LogP contribution in [0.5, 0.6) is 0 Å². The third-order valence-electron chi connectivity index (χ3n) is 3.03. The van der Waals surface area contributed by atoms with E-state index in [9.17, 15) is 19.8 Å². The maximum atomic E-state index is 11.8. The van der Waals surface area contributed by atoms with Crippen LogP contribution in [0.2, 0.25) is 0 Å². The van der Waals surface area contributed by atoms with E-state index in [2.05, 4.69) is 4.98 Å². The summed E-state index contributed by atoms with van der Waals surface area (Å²) in [4.78, 5) is 25.4. The Bertz CT molecular complexity index is 624. The third-order valence-corrected chi connectivity index (χ3v) is 3.39. The van der Waals surface area contributed by atoms with Crippen molar-refractivity contribution in [3.05, 3.63) is 36.7 Å². The predicted octanol–water partition coefficient (Wildman–Crippen LogP) is -1.45. The molecule has 1 aliphatic heterocycles. The first-order valence-corrected chi connectivity index (χ1v) is 6.99. The van der Waals surface area contributed by atoms with Crippen molar-refractivity contribution >= 4 is 28.7 Å². The number of H-pyrrole nitrogens is 1. The minimum Gasteiger partial charge on any atom is -0.394 e. The first kappa shape index (κ1) is 15.4. The van der Waals surface area contributed by atoms with Crippen LogP contribution in [0.25, 0.3) is 6.08 Å². The van der Waals surface area contributed by atoms with Gasteiger partial charge >= 0.3 is 5.69 Å². The van der Waals surface area contributed by atoms with Crippen molar-refractivity contribution in [2.75, 3.05) is 6.61 Å². The van der Waals surface area contributed by atoms with Crippen LogP contribution in [0, 0.1) is 0 Å². The second-order valence-electron chi connectivity index (χ2n) is 4.27. The molecule has 0 spiro atoms. The average Bonchev–Trinajstić information content (AvgIpc) is 2.70. The number of nitrogens with zero attached hydrogens (tertiary/aromatic N) is 1. The number of aromatic amines is 1. The Morgan fingerprint density at radius 3 is 2.65 bits per heavy atom. The van der Waals surface area contributed by atoms with Gasteiger partial charge in [-0.05, 0) is 10.2 Å². The van der Waals surface area contributed by atoms with Gasteiger partial charge in [-0.2, -0.15) is 0 Å². The summed E-state index contributed by atoms with van der Waals surface area (Å²) in [6.07, 6.45) is -2.14. The molecule has 8 nitrogen and oxygen atoms in total. The van der Waals surface area contributed by atoms with Crippen molar-refractivity contribution in [1.29, 1.82) is 0 Å². The lowest BCUT2D eigenvalue weighted by atomic mass is 10.1. The molecule has 1 aliphatic rings. The number of rotatable bonds is 3. The zero-order valence-electron chi connectivity index (χ0n) is 10.1. The summed E-state index contributed by atoms with van der Waals surface area (Å²) in [5, 5.41) is 28.6. The van der Waals surface area contributed by atoms with E-state index >= 15 is 0 Å². The molecule has 0 aromatic carbocycles. The van der Waals surface area contributed by atoms with Crippen LogP contribution in [0.3, 0.4) is 0 Å². The Morgan fingerprint density at radius 2 is 2.10 bits per heavy atom. The van der Waals surface area contributed by atoms with Crippen molar-refractivity contribution in [2.24, 2.45) is 0 Å². The highest BCUT2D eigenvalue weighted by Crippen LogP contribution is 2.27. The fraction of sp³-hybridized carbons (Fsp3) is 0.455. The molecule has 110 valence electrons. The molecule has 1 saturated heterocycles. The van der Waals surface area contributed by atoms with Crippen molar-refractivity contribution in [2.45, 2.75) is 24.5 Å². The molecule has 4 atom stereocenters. The molecule has 0 radical (unpaired) electrons. The van der Waals surface area contributed by atoms with Crippen LogP contribution in [0.4, 0.5) is 0 Å². The Labute approximate surface area is 126 Å². The number of halogens is 1. The van der Waals surface area contributed by atoms with Gasteiger partial charge in [0.2, 0.25) is 0 Å². The van der Waals surface area contributed by atoms with Gasteiger partial charge in [-0.25, -0.2) is 4.79 Å². The molecule has 9 heteroatoms. The topological polar surface area (TPSA) is 125 Å². The molecule has 0 unspecified atom stereocenters. The lowest BCUT2D eigenvalue weighted by Crippen LogP contribution is -2.38. The summed E-state index contributed by atoms with van der Waals surface area (Å²) >= 11 is 1.92. The lowest BCUT2D eigenvalue weighted by Gasteiger charge is -2.17. The van der Waals surface area contributed by atoms with Crippen LogP contribution < -0.4 is 11.2 Å². The molecule has 0 bridgehead atoms. The van der Waals surface area contributed by atoms with Crippen molar-refractivity contribution < 1.29 is 20.1 Å². The molecule has 1 aromatic rings. The summed E-state index contributed by atoms with van der Waals surface area (Å²) in [7, 11) is 0. The van der Waals surface area contributed by atoms with Crippen LogP contribution in [0.15, 0.2) is 19.9 Å². The van der Waals surface area contributed by atoms with Gasteiger partial charge < -0.3 is 20.1 Å². The summed E-state index contributed by atoms with van der Waals surface area (Å²) < 4.78 is 7.81. The summed E-state index contributed by atoms with van der Waals surface area (Å²) in [5.41, 5.74) is -1.13. The standard InChI is InChI=1S/C11H13IN2O6/c12-2-1-5-3-14(11(19)13-9(5)18)10-8(17)7(16)6(4-15)20-10/h1-3,6-8,10,15-17H,4H2,(H,13,18,19)/b2-1+/t6-,7-,8+,10-/m1/s1. The summed E-state index contributed by atoms with van der Waals surface area (Å²) in [5.74, 6) is 0. The molecule has 0 saturated carbocycles. The van der Waals surface area contributed by atoms with Gasteiger partial charge in [0.05, 0.1) is 12.2 Å². The monoisotopic (exact) mass is 396 g/mol. The Balaban J connectivity index is 2.46. The number of aromatic nitrogens is 2. The van der Waals surface area contributed by atoms with E-state index in [0.29, 0.717) is 0 Å². The molecule has 1 fully saturated rings. The molecular formula is C11H13IN2O6. The number of aliphatic hydroxyl groups excluding tert-OH is 3. The molecule has 2 rings (SSSR count). The smallest absolute Gasteiger partial charge is 0.330 e. The number of hydrogen-bond acceptors (Lipinski definition) is 6. The minimum absolute atomic E-state index is 0.205. The molecular weight excluding hydrogens is 383 g/mol. The second kappa shape index (κ2) is 6.18. The molecule has 20 heavy (non-hydrogen) atoms. The number of nitrogens with one attached hydrogen (secondary N) is 1. The molecule has 2 heterocycles. The fourth-order valence-corrected chi connectivity index (χ4v) is 2.37. The van der Waals surface area contributed by atoms with Gasteiger partial charge in [-0.1, -0.05) is 22.6 Å². The summed E-state index contributed by atoms with van der Waals surface area (Å²) in [6, 6.07) is 0. The molecule has 4 N–H and O–H groups in total. The van der Waals surface area contributed by atoms with Crippen molar-refractivity contribution in [3.63, 3.8) is 0 Å². The molecule has 1 aromatic heterocycles. The lowest BCUT2D eigenvalue weighted by molar-refractivity contribution is -0.0550. The van der Waals surface area contributed by atoms with E-state index in [-0.39, 0.29) is 5.56 Å². The van der Waals surface area contributed by atoms with E-state index < -0.39 is 42.4 Å². The maximum absolute atomic E-state index is 11.8. The van der Waals surface area contributed by atoms with Gasteiger partial charge in [-0.3, -0.25) is 14.3 Å². The van der Waals surface area contributed by atoms with Gasteiger partial charge in [-0.15, -0.1) is 0 Å². The highest BCUT2D eigenvalue weighted by atomic mass is 127. The second-order valence-corrected chi connectivity index (χ2v) is 4.99. The van der Waals surface area contributed by atoms with Crippen molar-refractivity contribution in [3.8, 4) is 0 Å². The molecule has 0 aliphatic carbocycles. The van der Waals surface area contributed by atoms with E-state index in [1.807, 2.05) is 22.6 Å². The quantitative estimate of drug-likeness (QED) is 0.464. The maximum Gasteiger partial charge on any atom is 0.330 e. The van der Waals surface area contributed by atoms with E-state index in [1.165, 1.54) is 12.3 Å². The van der Waals surface area contributed by atoms with Crippen LogP contribution in [0.1, 0.15) is 11.8 Å². The van der Waals surface area contributed by atoms with Gasteiger partial charge in [0.1, 0.15) is 18.3 Å². The molecule has 0 amide bonds. The highest BCUT2D eigenvalue weighted by molar-refractivity contribution is 14.1. The van der Waals surface area contributed by atoms with Gasteiger partial charge in [0, 0.05) is 6.20 Å².